The van der Waals surface area contributed by atoms with E-state index in [9.17, 15) is 9.59 Å². The number of aromatic nitrogens is 3. The number of fused-ring (bicyclic) bond motifs is 1. The van der Waals surface area contributed by atoms with Crippen molar-refractivity contribution < 1.29 is 9.59 Å². The van der Waals surface area contributed by atoms with Gasteiger partial charge in [0, 0.05) is 46.7 Å². The van der Waals surface area contributed by atoms with Gasteiger partial charge in [0.15, 0.2) is 11.5 Å². The third-order valence-corrected chi connectivity index (χ3v) is 6.68. The highest BCUT2D eigenvalue weighted by Gasteiger charge is 2.17. The molecule has 0 saturated carbocycles. The van der Waals surface area contributed by atoms with Gasteiger partial charge in [-0.3, -0.25) is 9.59 Å². The SMILES string of the molecule is Cc1c(NC(=O)c2ccc(C(C)(C)C)cc2)cccc1-c1cn2ccnc2c(Nc2ccc(C(N)=O)cc2)n1. The van der Waals surface area contributed by atoms with Crippen molar-refractivity contribution in [2.75, 3.05) is 10.6 Å². The van der Waals surface area contributed by atoms with Gasteiger partial charge in [0.1, 0.15) is 0 Å². The van der Waals surface area contributed by atoms with Crippen LogP contribution >= 0.6 is 0 Å². The maximum absolute atomic E-state index is 13.1. The van der Waals surface area contributed by atoms with Gasteiger partial charge in [0.25, 0.3) is 5.91 Å². The molecule has 0 aliphatic heterocycles. The van der Waals surface area contributed by atoms with Crippen LogP contribution in [0.15, 0.2) is 85.3 Å². The van der Waals surface area contributed by atoms with Gasteiger partial charge in [-0.25, -0.2) is 9.97 Å². The fraction of sp³-hybridized carbons (Fsp3) is 0.161. The minimum absolute atomic E-state index is 0.0178. The van der Waals surface area contributed by atoms with Crippen molar-refractivity contribution in [3.8, 4) is 11.3 Å². The molecule has 0 unspecified atom stereocenters. The number of anilines is 3. The molecule has 5 rings (SSSR count). The van der Waals surface area contributed by atoms with Gasteiger partial charge in [0.2, 0.25) is 5.91 Å². The molecule has 196 valence electrons. The molecular formula is C31H30N6O2. The number of carbonyl (C=O) groups excluding carboxylic acids is 2. The summed E-state index contributed by atoms with van der Waals surface area (Å²) in [5, 5.41) is 6.35. The first kappa shape index (κ1) is 25.7. The fourth-order valence-corrected chi connectivity index (χ4v) is 4.36. The van der Waals surface area contributed by atoms with Crippen LogP contribution < -0.4 is 16.4 Å². The summed E-state index contributed by atoms with van der Waals surface area (Å²) in [5.74, 6) is -0.103. The average molecular weight is 519 g/mol. The Hall–Kier alpha value is -4.98. The number of imidazole rings is 1. The van der Waals surface area contributed by atoms with E-state index in [1.54, 1.807) is 30.5 Å². The van der Waals surface area contributed by atoms with Crippen LogP contribution in [0.1, 0.15) is 52.6 Å². The van der Waals surface area contributed by atoms with Gasteiger partial charge in [-0.1, -0.05) is 45.0 Å². The molecular weight excluding hydrogens is 488 g/mol. The van der Waals surface area contributed by atoms with E-state index in [1.165, 1.54) is 5.56 Å². The molecule has 0 aliphatic carbocycles. The number of nitrogens with one attached hydrogen (secondary N) is 2. The third-order valence-electron chi connectivity index (χ3n) is 6.68. The van der Waals surface area contributed by atoms with E-state index in [0.29, 0.717) is 34.0 Å². The van der Waals surface area contributed by atoms with Crippen molar-refractivity contribution >= 4 is 34.7 Å². The van der Waals surface area contributed by atoms with E-state index in [0.717, 1.165) is 16.8 Å². The molecule has 3 aromatic carbocycles. The average Bonchev–Trinajstić information content (AvgIpc) is 3.39. The van der Waals surface area contributed by atoms with E-state index < -0.39 is 5.91 Å². The molecule has 4 N–H and O–H groups in total. The second-order valence-corrected chi connectivity index (χ2v) is 10.5. The molecule has 39 heavy (non-hydrogen) atoms. The summed E-state index contributed by atoms with van der Waals surface area (Å²) in [7, 11) is 0. The first-order valence-corrected chi connectivity index (χ1v) is 12.6. The van der Waals surface area contributed by atoms with Gasteiger partial charge in [-0.15, -0.1) is 0 Å². The van der Waals surface area contributed by atoms with Crippen LogP contribution in [0.4, 0.5) is 17.2 Å². The maximum atomic E-state index is 13.1. The van der Waals surface area contributed by atoms with E-state index in [-0.39, 0.29) is 11.3 Å². The Morgan fingerprint density at radius 1 is 0.923 bits per heavy atom. The third kappa shape index (κ3) is 5.36. The summed E-state index contributed by atoms with van der Waals surface area (Å²) in [6.45, 7) is 8.40. The Morgan fingerprint density at radius 3 is 2.28 bits per heavy atom. The highest BCUT2D eigenvalue weighted by molar-refractivity contribution is 6.05. The standard InChI is InChI=1S/C31H30N6O2/c1-19-24(6-5-7-25(19)36-30(39)21-8-12-22(13-9-21)31(2,3)4)26-18-37-17-16-33-29(37)28(35-26)34-23-14-10-20(11-15-23)27(32)38/h5-18H,1-4H3,(H2,32,38)(H,34,35)(H,36,39). The highest BCUT2D eigenvalue weighted by Crippen LogP contribution is 2.31. The van der Waals surface area contributed by atoms with Gasteiger partial charge >= 0.3 is 0 Å². The van der Waals surface area contributed by atoms with Crippen molar-refractivity contribution in [2.45, 2.75) is 33.1 Å². The molecule has 2 amide bonds. The van der Waals surface area contributed by atoms with Crippen LogP contribution in [0.3, 0.4) is 0 Å². The van der Waals surface area contributed by atoms with Crippen molar-refractivity contribution in [3.63, 3.8) is 0 Å². The van der Waals surface area contributed by atoms with Gasteiger partial charge in [-0.2, -0.15) is 0 Å². The van der Waals surface area contributed by atoms with Crippen LogP contribution in [0.25, 0.3) is 16.9 Å². The summed E-state index contributed by atoms with van der Waals surface area (Å²) in [6, 6.07) is 20.3. The second-order valence-electron chi connectivity index (χ2n) is 10.5. The number of nitrogens with zero attached hydrogens (tertiary/aromatic N) is 3. The molecule has 0 atom stereocenters. The molecule has 0 fully saturated rings. The number of benzene rings is 3. The van der Waals surface area contributed by atoms with Crippen molar-refractivity contribution in [2.24, 2.45) is 5.73 Å². The Kier molecular flexibility index (Phi) is 6.62. The molecule has 0 aliphatic rings. The Labute approximate surface area is 226 Å². The molecule has 8 heteroatoms. The molecule has 2 aromatic heterocycles. The molecule has 2 heterocycles. The van der Waals surface area contributed by atoms with Gasteiger partial charge in [0.05, 0.1) is 5.69 Å². The lowest BCUT2D eigenvalue weighted by Gasteiger charge is -2.19. The van der Waals surface area contributed by atoms with Crippen LogP contribution in [-0.2, 0) is 5.41 Å². The summed E-state index contributed by atoms with van der Waals surface area (Å²) in [5.41, 5.74) is 12.1. The Balaban J connectivity index is 1.45. The first-order valence-electron chi connectivity index (χ1n) is 12.6. The van der Waals surface area contributed by atoms with E-state index in [1.807, 2.05) is 66.2 Å². The largest absolute Gasteiger partial charge is 0.366 e. The fourth-order valence-electron chi connectivity index (χ4n) is 4.36. The molecule has 8 nitrogen and oxygen atoms in total. The van der Waals surface area contributed by atoms with Crippen LogP contribution in [0.2, 0.25) is 0 Å². The number of primary amides is 1. The minimum Gasteiger partial charge on any atom is -0.366 e. The smallest absolute Gasteiger partial charge is 0.255 e. The van der Waals surface area contributed by atoms with Gasteiger partial charge < -0.3 is 20.8 Å². The number of rotatable bonds is 6. The number of amides is 2. The van der Waals surface area contributed by atoms with Crippen LogP contribution in [0.5, 0.6) is 0 Å². The molecule has 5 aromatic rings. The summed E-state index contributed by atoms with van der Waals surface area (Å²) >= 11 is 0. The van der Waals surface area contributed by atoms with Crippen molar-refractivity contribution in [1.29, 1.82) is 0 Å². The normalized spacial score (nSPS) is 11.4. The predicted octanol–water partition coefficient (Wildman–Crippen LogP) is 6.10. The summed E-state index contributed by atoms with van der Waals surface area (Å²) in [4.78, 5) is 33.8. The summed E-state index contributed by atoms with van der Waals surface area (Å²) < 4.78 is 1.89. The monoisotopic (exact) mass is 518 g/mol. The predicted molar refractivity (Wildman–Crippen MR) is 154 cm³/mol. The van der Waals surface area contributed by atoms with E-state index >= 15 is 0 Å². The lowest BCUT2D eigenvalue weighted by molar-refractivity contribution is 0.0997. The van der Waals surface area contributed by atoms with Crippen LogP contribution in [0, 0.1) is 6.92 Å². The van der Waals surface area contributed by atoms with Crippen molar-refractivity contribution in [3.05, 3.63) is 108 Å². The molecule has 0 spiro atoms. The zero-order chi connectivity index (χ0) is 27.7. The number of hydrogen-bond acceptors (Lipinski definition) is 5. The molecule has 0 bridgehead atoms. The van der Waals surface area contributed by atoms with Crippen molar-refractivity contribution in [1.82, 2.24) is 14.4 Å². The highest BCUT2D eigenvalue weighted by atomic mass is 16.2. The van der Waals surface area contributed by atoms with E-state index in [4.69, 9.17) is 10.7 Å². The number of hydrogen-bond donors (Lipinski definition) is 3. The number of nitrogens with two attached hydrogens (primary N) is 1. The molecule has 0 saturated heterocycles. The lowest BCUT2D eigenvalue weighted by Crippen LogP contribution is -2.15. The topological polar surface area (TPSA) is 114 Å². The summed E-state index contributed by atoms with van der Waals surface area (Å²) in [6.07, 6.45) is 5.46. The zero-order valence-corrected chi connectivity index (χ0v) is 22.3. The van der Waals surface area contributed by atoms with Gasteiger partial charge in [-0.05, 0) is 65.9 Å². The number of carbonyl (C=O) groups is 2. The minimum atomic E-state index is -0.485. The lowest BCUT2D eigenvalue weighted by atomic mass is 9.86. The quantitative estimate of drug-likeness (QED) is 0.251. The first-order chi connectivity index (χ1) is 18.6. The van der Waals surface area contributed by atoms with Crippen LogP contribution in [-0.4, -0.2) is 26.2 Å². The zero-order valence-electron chi connectivity index (χ0n) is 22.3. The van der Waals surface area contributed by atoms with E-state index in [2.05, 4.69) is 36.4 Å². The second kappa shape index (κ2) is 10.1. The molecule has 0 radical (unpaired) electrons. The maximum Gasteiger partial charge on any atom is 0.255 e. The Morgan fingerprint density at radius 2 is 1.62 bits per heavy atom. The Bertz CT molecular complexity index is 1680.